The number of hydrogen-bond donors (Lipinski definition) is 2. The Morgan fingerprint density at radius 2 is 2.04 bits per heavy atom. The maximum Gasteiger partial charge on any atom is 0.309 e. The van der Waals surface area contributed by atoms with E-state index in [0.717, 1.165) is 38.5 Å². The molecule has 0 spiro atoms. The molecule has 1 unspecified atom stereocenters. The van der Waals surface area contributed by atoms with E-state index in [4.69, 9.17) is 4.74 Å². The number of ether oxygens (including phenoxy) is 1. The Labute approximate surface area is 161 Å². The third-order valence-electron chi connectivity index (χ3n) is 8.44. The zero-order chi connectivity index (χ0) is 19.4. The van der Waals surface area contributed by atoms with Crippen LogP contribution < -0.4 is 5.32 Å². The van der Waals surface area contributed by atoms with Crippen LogP contribution in [0.3, 0.4) is 0 Å². The highest BCUT2D eigenvalue weighted by molar-refractivity contribution is 5.89. The first-order chi connectivity index (χ1) is 12.8. The number of aliphatic hydroxyl groups is 1. The van der Waals surface area contributed by atoms with Crippen LogP contribution >= 0.6 is 0 Å². The summed E-state index contributed by atoms with van der Waals surface area (Å²) in [6, 6.07) is 0.244. The standard InChI is InChI=1S/C22H33NO4/c1-13(24)12-27-20(26)17-6-5-15-14-4-7-18-22(3,11-9-19(25)23-18)16(14)8-10-21(15,17)2/h9,11,13-18,24H,4-8,10,12H2,1-3H3,(H,23,25)/t13?,14-,15-,16-,17+,18+,21-,22+/m0/s1. The van der Waals surface area contributed by atoms with E-state index in [1.54, 1.807) is 13.0 Å². The molecule has 150 valence electrons. The van der Waals surface area contributed by atoms with Crippen molar-refractivity contribution in [1.29, 1.82) is 0 Å². The predicted molar refractivity (Wildman–Crippen MR) is 102 cm³/mol. The van der Waals surface area contributed by atoms with Crippen molar-refractivity contribution in [1.82, 2.24) is 5.32 Å². The smallest absolute Gasteiger partial charge is 0.309 e. The van der Waals surface area contributed by atoms with Crippen LogP contribution in [-0.2, 0) is 14.3 Å². The van der Waals surface area contributed by atoms with Gasteiger partial charge in [0.05, 0.1) is 12.0 Å². The van der Waals surface area contributed by atoms with Gasteiger partial charge in [-0.2, -0.15) is 0 Å². The second-order valence-electron chi connectivity index (χ2n) is 9.87. The van der Waals surface area contributed by atoms with E-state index in [1.807, 2.05) is 0 Å². The lowest BCUT2D eigenvalue weighted by molar-refractivity contribution is -0.159. The average molecular weight is 376 g/mol. The number of esters is 1. The first-order valence-corrected chi connectivity index (χ1v) is 10.6. The number of hydrogen-bond acceptors (Lipinski definition) is 4. The molecule has 0 aromatic carbocycles. The zero-order valence-corrected chi connectivity index (χ0v) is 16.7. The summed E-state index contributed by atoms with van der Waals surface area (Å²) in [5, 5.41) is 12.6. The Bertz CT molecular complexity index is 659. The molecule has 3 saturated carbocycles. The lowest BCUT2D eigenvalue weighted by Crippen LogP contribution is -2.59. The van der Waals surface area contributed by atoms with Crippen LogP contribution in [-0.4, -0.2) is 35.7 Å². The Kier molecular flexibility index (Phi) is 4.65. The van der Waals surface area contributed by atoms with E-state index in [1.165, 1.54) is 0 Å². The largest absolute Gasteiger partial charge is 0.463 e. The quantitative estimate of drug-likeness (QED) is 0.744. The number of rotatable bonds is 3. The molecule has 4 aliphatic rings. The highest BCUT2D eigenvalue weighted by Gasteiger charge is 2.61. The second-order valence-corrected chi connectivity index (χ2v) is 9.87. The topological polar surface area (TPSA) is 75.6 Å². The molecular formula is C22H33NO4. The van der Waals surface area contributed by atoms with Crippen molar-refractivity contribution in [2.45, 2.75) is 71.4 Å². The predicted octanol–water partition coefficient (Wildman–Crippen LogP) is 2.82. The van der Waals surface area contributed by atoms with Crippen LogP contribution in [0.5, 0.6) is 0 Å². The van der Waals surface area contributed by atoms with Gasteiger partial charge in [-0.3, -0.25) is 9.59 Å². The highest BCUT2D eigenvalue weighted by atomic mass is 16.5. The number of carbonyl (C=O) groups excluding carboxylic acids is 2. The van der Waals surface area contributed by atoms with E-state index in [2.05, 4.69) is 25.2 Å². The van der Waals surface area contributed by atoms with Crippen LogP contribution in [0, 0.1) is 34.5 Å². The third kappa shape index (κ3) is 2.93. The summed E-state index contributed by atoms with van der Waals surface area (Å²) >= 11 is 0. The molecule has 0 radical (unpaired) electrons. The van der Waals surface area contributed by atoms with Gasteiger partial charge in [0.25, 0.3) is 0 Å². The second kappa shape index (κ2) is 6.61. The lowest BCUT2D eigenvalue weighted by atomic mass is 9.48. The summed E-state index contributed by atoms with van der Waals surface area (Å²) in [4.78, 5) is 24.5. The van der Waals surface area contributed by atoms with E-state index in [9.17, 15) is 14.7 Å². The summed E-state index contributed by atoms with van der Waals surface area (Å²) in [5.74, 6) is 1.60. The summed E-state index contributed by atoms with van der Waals surface area (Å²) in [7, 11) is 0. The van der Waals surface area contributed by atoms with Crippen molar-refractivity contribution < 1.29 is 19.4 Å². The van der Waals surface area contributed by atoms with Gasteiger partial charge in [-0.25, -0.2) is 0 Å². The maximum atomic E-state index is 12.7. The summed E-state index contributed by atoms with van der Waals surface area (Å²) in [6.45, 7) is 6.35. The SMILES string of the molecule is CC(O)COC(=O)[C@H]1CC[C@H]2[C@@H]3CC[C@H]4NC(=O)C=C[C@]4(C)[C@H]3CC[C@]12C. The normalized spacial score (nSPS) is 46.7. The minimum absolute atomic E-state index is 0.00176. The third-order valence-corrected chi connectivity index (χ3v) is 8.44. The van der Waals surface area contributed by atoms with E-state index in [-0.39, 0.29) is 41.3 Å². The van der Waals surface area contributed by atoms with Crippen molar-refractivity contribution in [2.24, 2.45) is 34.5 Å². The molecule has 1 aliphatic heterocycles. The molecule has 5 heteroatoms. The Morgan fingerprint density at radius 3 is 2.78 bits per heavy atom. The van der Waals surface area contributed by atoms with Crippen molar-refractivity contribution in [3.63, 3.8) is 0 Å². The van der Waals surface area contributed by atoms with E-state index >= 15 is 0 Å². The van der Waals surface area contributed by atoms with Gasteiger partial charge in [-0.1, -0.05) is 19.9 Å². The van der Waals surface area contributed by atoms with Gasteiger partial charge >= 0.3 is 5.97 Å². The molecule has 0 saturated heterocycles. The fourth-order valence-corrected chi connectivity index (χ4v) is 7.02. The molecule has 5 nitrogen and oxygen atoms in total. The first kappa shape index (κ1) is 19.0. The molecule has 3 aliphatic carbocycles. The minimum Gasteiger partial charge on any atom is -0.463 e. The van der Waals surface area contributed by atoms with Gasteiger partial charge in [-0.15, -0.1) is 0 Å². The Balaban J connectivity index is 1.54. The number of aliphatic hydroxyl groups excluding tert-OH is 1. The van der Waals surface area contributed by atoms with Gasteiger partial charge in [0, 0.05) is 11.5 Å². The molecule has 0 aromatic heterocycles. The monoisotopic (exact) mass is 375 g/mol. The number of nitrogens with one attached hydrogen (secondary N) is 1. The van der Waals surface area contributed by atoms with Gasteiger partial charge in [0.2, 0.25) is 5.91 Å². The van der Waals surface area contributed by atoms with Crippen LogP contribution in [0.15, 0.2) is 12.2 Å². The molecule has 0 aromatic rings. The zero-order valence-electron chi connectivity index (χ0n) is 16.7. The highest BCUT2D eigenvalue weighted by Crippen LogP contribution is 2.65. The van der Waals surface area contributed by atoms with E-state index < -0.39 is 6.10 Å². The van der Waals surface area contributed by atoms with Crippen molar-refractivity contribution in [2.75, 3.05) is 6.61 Å². The summed E-state index contributed by atoms with van der Waals surface area (Å²) in [6.07, 6.45) is 9.56. The molecule has 2 N–H and O–H groups in total. The Morgan fingerprint density at radius 1 is 1.26 bits per heavy atom. The van der Waals surface area contributed by atoms with Crippen LogP contribution in [0.2, 0.25) is 0 Å². The maximum absolute atomic E-state index is 12.7. The van der Waals surface area contributed by atoms with E-state index in [0.29, 0.717) is 17.8 Å². The molecule has 1 heterocycles. The lowest BCUT2D eigenvalue weighted by Gasteiger charge is -2.58. The molecule has 1 amide bonds. The minimum atomic E-state index is -0.613. The van der Waals surface area contributed by atoms with Gasteiger partial charge in [0.1, 0.15) is 6.61 Å². The first-order valence-electron chi connectivity index (χ1n) is 10.6. The van der Waals surface area contributed by atoms with Crippen molar-refractivity contribution in [3.8, 4) is 0 Å². The van der Waals surface area contributed by atoms with Crippen molar-refractivity contribution in [3.05, 3.63) is 12.2 Å². The van der Waals surface area contributed by atoms with Gasteiger partial charge in [0.15, 0.2) is 0 Å². The van der Waals surface area contributed by atoms with Gasteiger partial charge in [-0.05, 0) is 74.7 Å². The number of fused-ring (bicyclic) bond motifs is 5. The van der Waals surface area contributed by atoms with Gasteiger partial charge < -0.3 is 15.2 Å². The average Bonchev–Trinajstić information content (AvgIpc) is 2.97. The molecule has 4 rings (SSSR count). The number of amides is 1. The van der Waals surface area contributed by atoms with Crippen LogP contribution in [0.1, 0.15) is 59.3 Å². The Hall–Kier alpha value is -1.36. The van der Waals surface area contributed by atoms with Crippen LogP contribution in [0.25, 0.3) is 0 Å². The fourth-order valence-electron chi connectivity index (χ4n) is 7.02. The fraction of sp³-hybridized carbons (Fsp3) is 0.818. The van der Waals surface area contributed by atoms with Crippen molar-refractivity contribution >= 4 is 11.9 Å². The molecule has 0 bridgehead atoms. The molecule has 3 fully saturated rings. The molecule has 27 heavy (non-hydrogen) atoms. The van der Waals surface area contributed by atoms with Crippen LogP contribution in [0.4, 0.5) is 0 Å². The number of carbonyl (C=O) groups is 2. The molecule has 8 atom stereocenters. The molecular weight excluding hydrogens is 342 g/mol. The summed E-state index contributed by atoms with van der Waals surface area (Å²) < 4.78 is 5.41. The summed E-state index contributed by atoms with van der Waals surface area (Å²) in [5.41, 5.74) is 0.0326.